The van der Waals surface area contributed by atoms with E-state index in [0.717, 1.165) is 93.6 Å². The number of hydrogen-bond donors (Lipinski definition) is 2. The lowest BCUT2D eigenvalue weighted by atomic mass is 9.91. The minimum absolute atomic E-state index is 0.463. The van der Waals surface area contributed by atoms with Crippen molar-refractivity contribution in [2.75, 3.05) is 0 Å². The SMILES string of the molecule is NC(N/C(=N\Cc1ccc2ccccc2c1)c1cccc2c1oc1ccccc12)c1ccc(-c2cccc3oc4c(-c5ccccc5)cccc4c23)c2ccccc12. The molecule has 11 aromatic rings. The van der Waals surface area contributed by atoms with Crippen molar-refractivity contribution >= 4 is 71.3 Å². The van der Waals surface area contributed by atoms with Gasteiger partial charge in [0.1, 0.15) is 34.3 Å². The van der Waals surface area contributed by atoms with E-state index in [1.165, 1.54) is 10.8 Å². The molecule has 11 rings (SSSR count). The normalized spacial score (nSPS) is 12.7. The monoisotopic (exact) mass is 747 g/mol. The van der Waals surface area contributed by atoms with Gasteiger partial charge in [-0.2, -0.15) is 0 Å². The molecule has 9 aromatic carbocycles. The molecule has 0 aliphatic rings. The highest BCUT2D eigenvalue weighted by Crippen LogP contribution is 2.43. The zero-order chi connectivity index (χ0) is 38.6. The summed E-state index contributed by atoms with van der Waals surface area (Å²) in [4.78, 5) is 5.24. The van der Waals surface area contributed by atoms with Crippen molar-refractivity contribution in [3.63, 3.8) is 0 Å². The molecule has 2 heterocycles. The molecule has 0 fully saturated rings. The van der Waals surface area contributed by atoms with E-state index in [4.69, 9.17) is 19.6 Å². The Morgan fingerprint density at radius 3 is 2.07 bits per heavy atom. The molecular formula is C53H37N3O2. The van der Waals surface area contributed by atoms with Gasteiger partial charge < -0.3 is 19.9 Å². The van der Waals surface area contributed by atoms with E-state index in [1.54, 1.807) is 0 Å². The number of aliphatic imine (C=N–C) groups is 1. The molecule has 1 unspecified atom stereocenters. The number of fused-ring (bicyclic) bond motifs is 8. The second kappa shape index (κ2) is 13.9. The van der Waals surface area contributed by atoms with Crippen molar-refractivity contribution in [1.29, 1.82) is 0 Å². The molecule has 0 bridgehead atoms. The summed E-state index contributed by atoms with van der Waals surface area (Å²) in [5.74, 6) is 0.669. The van der Waals surface area contributed by atoms with Crippen LogP contribution in [0.25, 0.3) is 87.7 Å². The molecule has 58 heavy (non-hydrogen) atoms. The Labute approximate surface area is 334 Å². The highest BCUT2D eigenvalue weighted by Gasteiger charge is 2.21. The molecule has 3 N–H and O–H groups in total. The topological polar surface area (TPSA) is 76.7 Å². The van der Waals surface area contributed by atoms with Crippen LogP contribution in [0.15, 0.2) is 202 Å². The molecule has 0 spiro atoms. The number of rotatable bonds is 7. The Hall–Kier alpha value is -7.47. The summed E-state index contributed by atoms with van der Waals surface area (Å²) >= 11 is 0. The maximum Gasteiger partial charge on any atom is 0.146 e. The number of para-hydroxylation sites is 3. The number of nitrogens with two attached hydrogens (primary N) is 1. The lowest BCUT2D eigenvalue weighted by molar-refractivity contribution is 0.662. The molecule has 5 heteroatoms. The first kappa shape index (κ1) is 33.8. The van der Waals surface area contributed by atoms with Gasteiger partial charge in [-0.3, -0.25) is 4.99 Å². The van der Waals surface area contributed by atoms with Gasteiger partial charge >= 0.3 is 0 Å². The molecule has 0 aliphatic carbocycles. The van der Waals surface area contributed by atoms with E-state index in [0.29, 0.717) is 12.4 Å². The Bertz CT molecular complexity index is 3380. The summed E-state index contributed by atoms with van der Waals surface area (Å²) in [6.07, 6.45) is -0.590. The molecule has 276 valence electrons. The molecule has 0 saturated carbocycles. The third-order valence-electron chi connectivity index (χ3n) is 11.4. The molecule has 0 radical (unpaired) electrons. The zero-order valence-corrected chi connectivity index (χ0v) is 31.5. The van der Waals surface area contributed by atoms with Crippen LogP contribution in [0.2, 0.25) is 0 Å². The standard InChI is InChI=1S/C53H37N3O2/c54-52(56-53(55-32-33-27-28-34-13-4-5-16-36(34)31-33)46-24-11-22-43-41-19-8-9-25-47(41)57-51(43)46)44-30-29-40(38-17-6-7-18-39(38)44)42-21-12-26-48-49(42)45-23-10-20-37(50(45)58-48)35-14-2-1-3-15-35/h1-31,52H,32,54H2,(H,55,56). The average molecular weight is 748 g/mol. The summed E-state index contributed by atoms with van der Waals surface area (Å²) in [5.41, 5.74) is 17.9. The van der Waals surface area contributed by atoms with E-state index in [-0.39, 0.29) is 0 Å². The number of nitrogens with one attached hydrogen (secondary N) is 1. The fraction of sp³-hybridized carbons (Fsp3) is 0.0377. The summed E-state index contributed by atoms with van der Waals surface area (Å²) < 4.78 is 13.2. The number of benzene rings is 9. The second-order valence-electron chi connectivity index (χ2n) is 14.8. The summed E-state index contributed by atoms with van der Waals surface area (Å²) in [7, 11) is 0. The van der Waals surface area contributed by atoms with Crippen LogP contribution in [0, 0.1) is 0 Å². The van der Waals surface area contributed by atoms with E-state index >= 15 is 0 Å². The summed E-state index contributed by atoms with van der Waals surface area (Å²) in [6.45, 7) is 0.463. The summed E-state index contributed by atoms with van der Waals surface area (Å²) in [6, 6.07) is 65.3. The average Bonchev–Trinajstić information content (AvgIpc) is 3.87. The third-order valence-corrected chi connectivity index (χ3v) is 11.4. The van der Waals surface area contributed by atoms with Crippen LogP contribution in [0.4, 0.5) is 0 Å². The van der Waals surface area contributed by atoms with Gasteiger partial charge in [-0.05, 0) is 73.6 Å². The summed E-state index contributed by atoms with van der Waals surface area (Å²) in [5, 5.41) is 12.5. The lowest BCUT2D eigenvalue weighted by Crippen LogP contribution is -2.35. The van der Waals surface area contributed by atoms with Crippen LogP contribution in [0.5, 0.6) is 0 Å². The molecule has 0 aliphatic heterocycles. The first-order valence-corrected chi connectivity index (χ1v) is 19.6. The van der Waals surface area contributed by atoms with Crippen molar-refractivity contribution in [2.24, 2.45) is 10.7 Å². The Balaban J connectivity index is 1.02. The lowest BCUT2D eigenvalue weighted by Gasteiger charge is -2.21. The smallest absolute Gasteiger partial charge is 0.146 e. The quantitative estimate of drug-likeness (QED) is 0.0967. The molecule has 1 atom stereocenters. The molecule has 0 amide bonds. The van der Waals surface area contributed by atoms with E-state index < -0.39 is 6.17 Å². The van der Waals surface area contributed by atoms with Gasteiger partial charge in [-0.25, -0.2) is 0 Å². The Kier molecular flexibility index (Phi) is 8.12. The molecular weight excluding hydrogens is 711 g/mol. The van der Waals surface area contributed by atoms with E-state index in [1.807, 2.05) is 24.3 Å². The fourth-order valence-corrected chi connectivity index (χ4v) is 8.62. The van der Waals surface area contributed by atoms with Crippen LogP contribution in [-0.4, -0.2) is 5.84 Å². The predicted octanol–water partition coefficient (Wildman–Crippen LogP) is 13.3. The highest BCUT2D eigenvalue weighted by atomic mass is 16.3. The van der Waals surface area contributed by atoms with Gasteiger partial charge in [0.25, 0.3) is 0 Å². The van der Waals surface area contributed by atoms with Gasteiger partial charge in [-0.1, -0.05) is 164 Å². The van der Waals surface area contributed by atoms with Crippen LogP contribution in [0.3, 0.4) is 0 Å². The van der Waals surface area contributed by atoms with Gasteiger partial charge in [0.2, 0.25) is 0 Å². The van der Waals surface area contributed by atoms with Crippen LogP contribution >= 0.6 is 0 Å². The minimum Gasteiger partial charge on any atom is -0.455 e. The van der Waals surface area contributed by atoms with Gasteiger partial charge in [0.05, 0.1) is 12.1 Å². The number of amidine groups is 1. The van der Waals surface area contributed by atoms with Crippen molar-refractivity contribution in [2.45, 2.75) is 12.7 Å². The third kappa shape index (κ3) is 5.71. The Morgan fingerprint density at radius 1 is 0.500 bits per heavy atom. The van der Waals surface area contributed by atoms with Crippen LogP contribution in [0.1, 0.15) is 22.9 Å². The van der Waals surface area contributed by atoms with Crippen molar-refractivity contribution < 1.29 is 8.83 Å². The van der Waals surface area contributed by atoms with E-state index in [2.05, 4.69) is 169 Å². The zero-order valence-electron chi connectivity index (χ0n) is 31.5. The molecule has 5 nitrogen and oxygen atoms in total. The van der Waals surface area contributed by atoms with Crippen molar-refractivity contribution in [1.82, 2.24) is 5.32 Å². The van der Waals surface area contributed by atoms with Gasteiger partial charge in [0.15, 0.2) is 0 Å². The first-order chi connectivity index (χ1) is 28.7. The van der Waals surface area contributed by atoms with Crippen molar-refractivity contribution in [3.8, 4) is 22.3 Å². The predicted molar refractivity (Wildman–Crippen MR) is 240 cm³/mol. The van der Waals surface area contributed by atoms with Gasteiger partial charge in [0, 0.05) is 27.1 Å². The molecule has 2 aromatic heterocycles. The largest absolute Gasteiger partial charge is 0.455 e. The second-order valence-corrected chi connectivity index (χ2v) is 14.8. The first-order valence-electron chi connectivity index (χ1n) is 19.6. The maximum atomic E-state index is 7.23. The highest BCUT2D eigenvalue weighted by molar-refractivity contribution is 6.18. The minimum atomic E-state index is -0.590. The number of hydrogen-bond acceptors (Lipinski definition) is 4. The van der Waals surface area contributed by atoms with Crippen LogP contribution < -0.4 is 11.1 Å². The van der Waals surface area contributed by atoms with Crippen LogP contribution in [-0.2, 0) is 6.54 Å². The fourth-order valence-electron chi connectivity index (χ4n) is 8.62. The van der Waals surface area contributed by atoms with E-state index in [9.17, 15) is 0 Å². The number of nitrogens with zero attached hydrogens (tertiary/aromatic N) is 1. The maximum absolute atomic E-state index is 7.23. The van der Waals surface area contributed by atoms with Gasteiger partial charge in [-0.15, -0.1) is 0 Å². The Morgan fingerprint density at radius 2 is 1.17 bits per heavy atom. The van der Waals surface area contributed by atoms with Crippen molar-refractivity contribution in [3.05, 3.63) is 205 Å². The number of furan rings is 2. The molecule has 0 saturated heterocycles.